The summed E-state index contributed by atoms with van der Waals surface area (Å²) in [4.78, 5) is 27.3. The Bertz CT molecular complexity index is 1700. The molecule has 4 aromatic carbocycles. The largest absolute Gasteiger partial charge is 0.322 e. The molecule has 0 saturated carbocycles. The van der Waals surface area contributed by atoms with E-state index in [0.29, 0.717) is 33.6 Å². The third-order valence-electron chi connectivity index (χ3n) is 6.29. The van der Waals surface area contributed by atoms with Crippen molar-refractivity contribution in [1.29, 1.82) is 0 Å². The van der Waals surface area contributed by atoms with Crippen LogP contribution < -0.4 is 10.0 Å². The number of rotatable bonds is 8. The Morgan fingerprint density at radius 2 is 1.54 bits per heavy atom. The van der Waals surface area contributed by atoms with Crippen LogP contribution >= 0.6 is 46.6 Å². The summed E-state index contributed by atoms with van der Waals surface area (Å²) >= 11 is 19.5. The Morgan fingerprint density at radius 3 is 2.20 bits per heavy atom. The van der Waals surface area contributed by atoms with Crippen molar-refractivity contribution in [3.8, 4) is 0 Å². The molecule has 1 atom stereocenters. The molecular weight excluding hydrogens is 625 g/mol. The van der Waals surface area contributed by atoms with Crippen LogP contribution in [0.15, 0.2) is 95.9 Å². The van der Waals surface area contributed by atoms with Crippen molar-refractivity contribution in [3.63, 3.8) is 0 Å². The van der Waals surface area contributed by atoms with E-state index >= 15 is 0 Å². The van der Waals surface area contributed by atoms with Crippen LogP contribution in [-0.2, 0) is 21.4 Å². The van der Waals surface area contributed by atoms with E-state index in [9.17, 15) is 18.0 Å². The van der Waals surface area contributed by atoms with Gasteiger partial charge in [-0.25, -0.2) is 8.42 Å². The number of hydrogen-bond donors (Lipinski definition) is 2. The van der Waals surface area contributed by atoms with Gasteiger partial charge in [-0.15, -0.1) is 11.8 Å². The van der Waals surface area contributed by atoms with Gasteiger partial charge in [0, 0.05) is 27.8 Å². The van der Waals surface area contributed by atoms with Gasteiger partial charge in [0.2, 0.25) is 5.91 Å². The maximum absolute atomic E-state index is 12.9. The van der Waals surface area contributed by atoms with Gasteiger partial charge in [0.25, 0.3) is 15.9 Å². The molecule has 2 N–H and O–H groups in total. The zero-order chi connectivity index (χ0) is 29.1. The van der Waals surface area contributed by atoms with Gasteiger partial charge in [-0.3, -0.25) is 14.3 Å². The van der Waals surface area contributed by atoms with Crippen LogP contribution in [0.1, 0.15) is 26.9 Å². The first kappa shape index (κ1) is 29.3. The number of nitrogens with zero attached hydrogens (tertiary/aromatic N) is 1. The number of carbonyl (C=O) groups excluding carboxylic acids is 2. The standard InChI is InChI=1S/C29H22Cl3N3O4S2/c30-21-7-1-18(2-8-21)16-35-27(36)17-40-29(35)20-5-3-19(4-6-20)28(37)33-23-10-12-24(13-11-23)41(38,39)34-26-14-9-22(31)15-25(26)32/h1-15,29,34H,16-17H2,(H,33,37)/t29-/m1/s1. The fourth-order valence-corrected chi connectivity index (χ4v) is 7.09. The molecule has 12 heteroatoms. The summed E-state index contributed by atoms with van der Waals surface area (Å²) in [6.07, 6.45) is 0. The van der Waals surface area contributed by atoms with Gasteiger partial charge in [-0.05, 0) is 77.9 Å². The Morgan fingerprint density at radius 1 is 0.878 bits per heavy atom. The van der Waals surface area contributed by atoms with Crippen LogP contribution in [0.3, 0.4) is 0 Å². The Hall–Kier alpha value is -3.21. The summed E-state index contributed by atoms with van der Waals surface area (Å²) in [5, 5.41) is 3.80. The minimum absolute atomic E-state index is 0.00219. The van der Waals surface area contributed by atoms with Gasteiger partial charge in [0.1, 0.15) is 5.37 Å². The van der Waals surface area contributed by atoms with Crippen LogP contribution in [-0.4, -0.2) is 30.9 Å². The van der Waals surface area contributed by atoms with E-state index in [1.54, 1.807) is 24.3 Å². The lowest BCUT2D eigenvalue weighted by Crippen LogP contribution is -2.27. The van der Waals surface area contributed by atoms with Crippen LogP contribution in [0.4, 0.5) is 11.4 Å². The molecule has 1 fully saturated rings. The van der Waals surface area contributed by atoms with E-state index in [1.165, 1.54) is 54.2 Å². The van der Waals surface area contributed by atoms with Gasteiger partial charge < -0.3 is 10.2 Å². The van der Waals surface area contributed by atoms with Crippen molar-refractivity contribution >= 4 is 79.8 Å². The molecule has 210 valence electrons. The van der Waals surface area contributed by atoms with Crippen LogP contribution in [0.5, 0.6) is 0 Å². The van der Waals surface area contributed by atoms with E-state index in [2.05, 4.69) is 10.0 Å². The average molecular weight is 647 g/mol. The molecule has 41 heavy (non-hydrogen) atoms. The Kier molecular flexibility index (Phi) is 8.82. The quantitative estimate of drug-likeness (QED) is 0.207. The summed E-state index contributed by atoms with van der Waals surface area (Å²) in [5.41, 5.74) is 2.94. The first-order valence-electron chi connectivity index (χ1n) is 12.2. The van der Waals surface area contributed by atoms with Crippen LogP contribution in [0.2, 0.25) is 15.1 Å². The number of amides is 2. The third-order valence-corrected chi connectivity index (χ3v) is 9.73. The Labute approximate surface area is 256 Å². The molecule has 0 aliphatic carbocycles. The SMILES string of the molecule is O=C(Nc1ccc(S(=O)(=O)Nc2ccc(Cl)cc2Cl)cc1)c1ccc([C@H]2SCC(=O)N2Cc2ccc(Cl)cc2)cc1. The predicted molar refractivity (Wildman–Crippen MR) is 165 cm³/mol. The third kappa shape index (κ3) is 6.99. The molecular formula is C29H22Cl3N3O4S2. The highest BCUT2D eigenvalue weighted by molar-refractivity contribution is 8.00. The summed E-state index contributed by atoms with van der Waals surface area (Å²) in [6.45, 7) is 0.462. The number of nitrogens with one attached hydrogen (secondary N) is 2. The zero-order valence-electron chi connectivity index (χ0n) is 21.2. The maximum Gasteiger partial charge on any atom is 0.261 e. The monoisotopic (exact) mass is 645 g/mol. The molecule has 5 rings (SSSR count). The second kappa shape index (κ2) is 12.3. The molecule has 4 aromatic rings. The number of anilines is 2. The molecule has 0 bridgehead atoms. The summed E-state index contributed by atoms with van der Waals surface area (Å²) in [5.74, 6) is 0.0779. The fourth-order valence-electron chi connectivity index (χ4n) is 4.18. The van der Waals surface area contributed by atoms with Crippen molar-refractivity contribution in [2.45, 2.75) is 16.8 Å². The molecule has 1 saturated heterocycles. The lowest BCUT2D eigenvalue weighted by molar-refractivity contribution is -0.128. The Balaban J connectivity index is 1.23. The summed E-state index contributed by atoms with van der Waals surface area (Å²) in [7, 11) is -3.92. The number of carbonyl (C=O) groups is 2. The summed E-state index contributed by atoms with van der Waals surface area (Å²) in [6, 6.07) is 24.7. The van der Waals surface area contributed by atoms with Gasteiger partial charge in [-0.1, -0.05) is 59.1 Å². The molecule has 1 aliphatic heterocycles. The lowest BCUT2D eigenvalue weighted by atomic mass is 10.1. The molecule has 1 heterocycles. The minimum Gasteiger partial charge on any atom is -0.322 e. The normalized spacial score (nSPS) is 15.1. The number of sulfonamides is 1. The summed E-state index contributed by atoms with van der Waals surface area (Å²) < 4.78 is 28.0. The second-order valence-electron chi connectivity index (χ2n) is 9.14. The number of halogens is 3. The van der Waals surface area contributed by atoms with Crippen LogP contribution in [0.25, 0.3) is 0 Å². The van der Waals surface area contributed by atoms with Crippen LogP contribution in [0, 0.1) is 0 Å². The van der Waals surface area contributed by atoms with E-state index < -0.39 is 10.0 Å². The lowest BCUT2D eigenvalue weighted by Gasteiger charge is -2.24. The number of thioether (sulfide) groups is 1. The zero-order valence-corrected chi connectivity index (χ0v) is 25.1. The van der Waals surface area contributed by atoms with E-state index in [1.807, 2.05) is 29.2 Å². The highest BCUT2D eigenvalue weighted by Gasteiger charge is 2.32. The first-order chi connectivity index (χ1) is 19.6. The molecule has 7 nitrogen and oxygen atoms in total. The highest BCUT2D eigenvalue weighted by atomic mass is 35.5. The molecule has 0 spiro atoms. The van der Waals surface area contributed by atoms with Crippen molar-refractivity contribution in [1.82, 2.24) is 4.90 Å². The second-order valence-corrected chi connectivity index (χ2v) is 13.2. The average Bonchev–Trinajstić information content (AvgIpc) is 3.31. The van der Waals surface area contributed by atoms with Crippen molar-refractivity contribution < 1.29 is 18.0 Å². The predicted octanol–water partition coefficient (Wildman–Crippen LogP) is 7.47. The molecule has 1 aliphatic rings. The minimum atomic E-state index is -3.92. The molecule has 0 aromatic heterocycles. The topological polar surface area (TPSA) is 95.6 Å². The molecule has 2 amide bonds. The number of hydrogen-bond acceptors (Lipinski definition) is 5. The molecule has 0 unspecified atom stereocenters. The highest BCUT2D eigenvalue weighted by Crippen LogP contribution is 2.39. The number of benzene rings is 4. The van der Waals surface area contributed by atoms with E-state index in [0.717, 1.165) is 11.1 Å². The van der Waals surface area contributed by atoms with Crippen molar-refractivity contribution in [3.05, 3.63) is 123 Å². The van der Waals surface area contributed by atoms with Crippen molar-refractivity contribution in [2.24, 2.45) is 0 Å². The van der Waals surface area contributed by atoms with Gasteiger partial charge in [0.05, 0.1) is 21.4 Å². The van der Waals surface area contributed by atoms with Crippen molar-refractivity contribution in [2.75, 3.05) is 15.8 Å². The fraction of sp³-hybridized carbons (Fsp3) is 0.103. The smallest absolute Gasteiger partial charge is 0.261 e. The van der Waals surface area contributed by atoms with Gasteiger partial charge in [-0.2, -0.15) is 0 Å². The van der Waals surface area contributed by atoms with E-state index in [-0.39, 0.29) is 32.8 Å². The van der Waals surface area contributed by atoms with Gasteiger partial charge in [0.15, 0.2) is 0 Å². The van der Waals surface area contributed by atoms with E-state index in [4.69, 9.17) is 34.8 Å². The van der Waals surface area contributed by atoms with Gasteiger partial charge >= 0.3 is 0 Å². The first-order valence-corrected chi connectivity index (χ1v) is 15.9. The molecule has 0 radical (unpaired) electrons. The maximum atomic E-state index is 12.9.